The zero-order valence-corrected chi connectivity index (χ0v) is 14.6. The fourth-order valence-electron chi connectivity index (χ4n) is 2.87. The molecule has 1 N–H and O–H groups in total. The number of halogens is 3. The molecule has 0 unspecified atom stereocenters. The number of hydrogen-bond acceptors (Lipinski definition) is 3. The predicted octanol–water partition coefficient (Wildman–Crippen LogP) is 4.19. The van der Waals surface area contributed by atoms with Crippen LogP contribution in [0.5, 0.6) is 5.75 Å². The lowest BCUT2D eigenvalue weighted by Gasteiger charge is -2.15. The number of carbonyl (C=O) groups excluding carboxylic acids is 1. The lowest BCUT2D eigenvalue weighted by Crippen LogP contribution is -2.24. The summed E-state index contributed by atoms with van der Waals surface area (Å²) in [4.78, 5) is 12.5. The summed E-state index contributed by atoms with van der Waals surface area (Å²) in [5.41, 5.74) is -0.0343. The van der Waals surface area contributed by atoms with Gasteiger partial charge in [0.15, 0.2) is 0 Å². The molecule has 1 aliphatic heterocycles. The fourth-order valence-corrected chi connectivity index (χ4v) is 2.87. The van der Waals surface area contributed by atoms with Crippen LogP contribution in [-0.4, -0.2) is 25.2 Å². The SMILES string of the molecule is O=C(NCc1cccc(C(F)(F)F)c1)c1ccccc1OC[C@H]1CCCO1. The third kappa shape index (κ3) is 5.23. The van der Waals surface area contributed by atoms with Gasteiger partial charge in [-0.25, -0.2) is 0 Å². The number of nitrogens with one attached hydrogen (secondary N) is 1. The van der Waals surface area contributed by atoms with Gasteiger partial charge in [0, 0.05) is 13.2 Å². The Kier molecular flexibility index (Phi) is 6.01. The van der Waals surface area contributed by atoms with Gasteiger partial charge in [-0.3, -0.25) is 4.79 Å². The molecule has 2 aromatic carbocycles. The molecule has 0 bridgehead atoms. The minimum absolute atomic E-state index is 0.0111. The smallest absolute Gasteiger partial charge is 0.416 e. The van der Waals surface area contributed by atoms with Crippen LogP contribution < -0.4 is 10.1 Å². The van der Waals surface area contributed by atoms with E-state index in [0.29, 0.717) is 30.1 Å². The minimum Gasteiger partial charge on any atom is -0.490 e. The second-order valence-corrected chi connectivity index (χ2v) is 6.32. The van der Waals surface area contributed by atoms with E-state index in [2.05, 4.69) is 5.32 Å². The predicted molar refractivity (Wildman–Crippen MR) is 93.5 cm³/mol. The van der Waals surface area contributed by atoms with Crippen LogP contribution in [0.15, 0.2) is 48.5 Å². The van der Waals surface area contributed by atoms with Crippen LogP contribution in [0.3, 0.4) is 0 Å². The third-order valence-electron chi connectivity index (χ3n) is 4.29. The van der Waals surface area contributed by atoms with E-state index in [1.54, 1.807) is 24.3 Å². The highest BCUT2D eigenvalue weighted by Crippen LogP contribution is 2.29. The molecule has 0 saturated carbocycles. The summed E-state index contributed by atoms with van der Waals surface area (Å²) in [6, 6.07) is 11.7. The summed E-state index contributed by atoms with van der Waals surface area (Å²) in [6.45, 7) is 1.06. The summed E-state index contributed by atoms with van der Waals surface area (Å²) in [5.74, 6) is 0.0184. The molecule has 1 amide bonds. The van der Waals surface area contributed by atoms with Gasteiger partial charge in [-0.15, -0.1) is 0 Å². The van der Waals surface area contributed by atoms with Gasteiger partial charge in [0.2, 0.25) is 0 Å². The van der Waals surface area contributed by atoms with Crippen molar-refractivity contribution in [2.45, 2.75) is 31.7 Å². The second-order valence-electron chi connectivity index (χ2n) is 6.32. The zero-order valence-electron chi connectivity index (χ0n) is 14.6. The lowest BCUT2D eigenvalue weighted by atomic mass is 10.1. The molecule has 2 aromatic rings. The Morgan fingerprint density at radius 2 is 2.00 bits per heavy atom. The normalized spacial score (nSPS) is 16.9. The Morgan fingerprint density at radius 3 is 2.74 bits per heavy atom. The van der Waals surface area contributed by atoms with Crippen molar-refractivity contribution in [1.29, 1.82) is 0 Å². The molecule has 0 spiro atoms. The van der Waals surface area contributed by atoms with Gasteiger partial charge < -0.3 is 14.8 Å². The maximum Gasteiger partial charge on any atom is 0.416 e. The standard InChI is InChI=1S/C20H20F3NO3/c21-20(22,23)15-6-3-5-14(11-15)12-24-19(25)17-8-1-2-9-18(17)27-13-16-7-4-10-26-16/h1-3,5-6,8-9,11,16H,4,7,10,12-13H2,(H,24,25)/t16-/m1/s1. The number of rotatable bonds is 6. The van der Waals surface area contributed by atoms with Crippen molar-refractivity contribution in [3.8, 4) is 5.75 Å². The molecule has 1 heterocycles. The van der Waals surface area contributed by atoms with E-state index in [9.17, 15) is 18.0 Å². The van der Waals surface area contributed by atoms with Crippen molar-refractivity contribution in [2.24, 2.45) is 0 Å². The first-order valence-electron chi connectivity index (χ1n) is 8.71. The van der Waals surface area contributed by atoms with E-state index >= 15 is 0 Å². The largest absolute Gasteiger partial charge is 0.490 e. The molecule has 1 atom stereocenters. The average Bonchev–Trinajstić information content (AvgIpc) is 3.18. The first-order chi connectivity index (χ1) is 12.9. The van der Waals surface area contributed by atoms with E-state index in [1.807, 2.05) is 0 Å². The van der Waals surface area contributed by atoms with Crippen LogP contribution >= 0.6 is 0 Å². The highest BCUT2D eigenvalue weighted by Gasteiger charge is 2.30. The van der Waals surface area contributed by atoms with E-state index < -0.39 is 17.6 Å². The molecule has 3 rings (SSSR count). The lowest BCUT2D eigenvalue weighted by molar-refractivity contribution is -0.137. The number of alkyl halides is 3. The number of carbonyl (C=O) groups is 1. The minimum atomic E-state index is -4.41. The molecular weight excluding hydrogens is 359 g/mol. The van der Waals surface area contributed by atoms with E-state index in [4.69, 9.17) is 9.47 Å². The van der Waals surface area contributed by atoms with E-state index in [0.717, 1.165) is 25.0 Å². The van der Waals surface area contributed by atoms with Crippen LogP contribution in [0.1, 0.15) is 34.3 Å². The van der Waals surface area contributed by atoms with Crippen molar-refractivity contribution >= 4 is 5.91 Å². The summed E-state index contributed by atoms with van der Waals surface area (Å²) in [6.07, 6.45) is -2.48. The Morgan fingerprint density at radius 1 is 1.19 bits per heavy atom. The van der Waals surface area contributed by atoms with Gasteiger partial charge in [0.25, 0.3) is 5.91 Å². The van der Waals surface area contributed by atoms with Crippen LogP contribution in [0.25, 0.3) is 0 Å². The molecule has 7 heteroatoms. The Balaban J connectivity index is 1.62. The molecule has 0 aliphatic carbocycles. The van der Waals surface area contributed by atoms with Crippen molar-refractivity contribution in [1.82, 2.24) is 5.32 Å². The molecule has 1 saturated heterocycles. The topological polar surface area (TPSA) is 47.6 Å². The summed E-state index contributed by atoms with van der Waals surface area (Å²) in [5, 5.41) is 2.64. The molecule has 27 heavy (non-hydrogen) atoms. The highest BCUT2D eigenvalue weighted by molar-refractivity contribution is 5.96. The number of amides is 1. The third-order valence-corrected chi connectivity index (χ3v) is 4.29. The quantitative estimate of drug-likeness (QED) is 0.819. The number of para-hydroxylation sites is 1. The van der Waals surface area contributed by atoms with Gasteiger partial charge in [-0.1, -0.05) is 24.3 Å². The number of hydrogen-bond donors (Lipinski definition) is 1. The van der Waals surface area contributed by atoms with Gasteiger partial charge in [-0.05, 0) is 42.7 Å². The van der Waals surface area contributed by atoms with Crippen LogP contribution in [0, 0.1) is 0 Å². The van der Waals surface area contributed by atoms with Crippen molar-refractivity contribution in [2.75, 3.05) is 13.2 Å². The average molecular weight is 379 g/mol. The van der Waals surface area contributed by atoms with Crippen LogP contribution in [0.4, 0.5) is 13.2 Å². The summed E-state index contributed by atoms with van der Waals surface area (Å²) >= 11 is 0. The van der Waals surface area contributed by atoms with Crippen molar-refractivity contribution in [3.05, 3.63) is 65.2 Å². The van der Waals surface area contributed by atoms with E-state index in [-0.39, 0.29) is 12.6 Å². The Bertz CT molecular complexity index is 786. The van der Waals surface area contributed by atoms with Crippen LogP contribution in [-0.2, 0) is 17.5 Å². The van der Waals surface area contributed by atoms with Crippen molar-refractivity contribution < 1.29 is 27.4 Å². The first-order valence-corrected chi connectivity index (χ1v) is 8.71. The van der Waals surface area contributed by atoms with Gasteiger partial charge in [0.05, 0.1) is 17.2 Å². The summed E-state index contributed by atoms with van der Waals surface area (Å²) < 4.78 is 49.6. The molecule has 1 fully saturated rings. The second kappa shape index (κ2) is 8.43. The maximum atomic E-state index is 12.8. The number of ether oxygens (including phenoxy) is 2. The summed E-state index contributed by atoms with van der Waals surface area (Å²) in [7, 11) is 0. The Hall–Kier alpha value is -2.54. The fraction of sp³-hybridized carbons (Fsp3) is 0.350. The Labute approximate surface area is 155 Å². The molecule has 144 valence electrons. The van der Waals surface area contributed by atoms with Gasteiger partial charge in [-0.2, -0.15) is 13.2 Å². The monoisotopic (exact) mass is 379 g/mol. The zero-order chi connectivity index (χ0) is 19.3. The van der Waals surface area contributed by atoms with Gasteiger partial charge in [0.1, 0.15) is 12.4 Å². The molecule has 4 nitrogen and oxygen atoms in total. The van der Waals surface area contributed by atoms with Crippen LogP contribution in [0.2, 0.25) is 0 Å². The van der Waals surface area contributed by atoms with Gasteiger partial charge >= 0.3 is 6.18 Å². The van der Waals surface area contributed by atoms with E-state index in [1.165, 1.54) is 12.1 Å². The number of benzene rings is 2. The maximum absolute atomic E-state index is 12.8. The highest BCUT2D eigenvalue weighted by atomic mass is 19.4. The molecule has 1 aliphatic rings. The molecule has 0 aromatic heterocycles. The molecule has 0 radical (unpaired) electrons. The first kappa shape index (κ1) is 19.2. The van der Waals surface area contributed by atoms with Crippen molar-refractivity contribution in [3.63, 3.8) is 0 Å². The molecular formula is C20H20F3NO3.